The summed E-state index contributed by atoms with van der Waals surface area (Å²) in [7, 11) is 0. The first-order chi connectivity index (χ1) is 7.10. The molecule has 2 N–H and O–H groups in total. The summed E-state index contributed by atoms with van der Waals surface area (Å²) in [6.45, 7) is 3.85. The number of aliphatic hydroxyl groups excluding tert-OH is 1. The van der Waals surface area contributed by atoms with Crippen molar-refractivity contribution in [2.45, 2.75) is 6.04 Å². The van der Waals surface area contributed by atoms with E-state index in [1.54, 1.807) is 0 Å². The lowest BCUT2D eigenvalue weighted by molar-refractivity contribution is -0.129. The van der Waals surface area contributed by atoms with Crippen molar-refractivity contribution in [1.82, 2.24) is 9.80 Å². The van der Waals surface area contributed by atoms with E-state index in [1.807, 2.05) is 0 Å². The lowest BCUT2D eigenvalue weighted by Gasteiger charge is -2.38. The fourth-order valence-corrected chi connectivity index (χ4v) is 1.59. The Labute approximate surface area is 87.4 Å². The first-order valence-electron chi connectivity index (χ1n) is 4.62. The van der Waals surface area contributed by atoms with E-state index >= 15 is 0 Å². The Kier molecular flexibility index (Phi) is 3.68. The predicted octanol–water partition coefficient (Wildman–Crippen LogP) is -0.645. The molecule has 1 fully saturated rings. The van der Waals surface area contributed by atoms with Gasteiger partial charge >= 0.3 is 6.09 Å². The van der Waals surface area contributed by atoms with Crippen molar-refractivity contribution < 1.29 is 19.8 Å². The molecule has 1 atom stereocenters. The first kappa shape index (κ1) is 11.5. The Morgan fingerprint density at radius 2 is 2.13 bits per heavy atom. The number of carboxylic acid groups (broad SMARTS) is 1. The molecule has 0 spiro atoms. The van der Waals surface area contributed by atoms with Crippen molar-refractivity contribution in [2.24, 2.45) is 0 Å². The number of piperazine rings is 1. The van der Waals surface area contributed by atoms with Gasteiger partial charge in [0.1, 0.15) is 0 Å². The summed E-state index contributed by atoms with van der Waals surface area (Å²) in [5.74, 6) is -0.238. The number of carbonyl (C=O) groups is 2. The molecule has 1 heterocycles. The maximum absolute atomic E-state index is 11.3. The molecular weight excluding hydrogens is 200 g/mol. The van der Waals surface area contributed by atoms with Crippen LogP contribution >= 0.6 is 0 Å². The normalized spacial score (nSPS) is 21.3. The fourth-order valence-electron chi connectivity index (χ4n) is 1.59. The minimum atomic E-state index is -1.07. The van der Waals surface area contributed by atoms with E-state index in [4.69, 9.17) is 10.2 Å². The second-order valence-corrected chi connectivity index (χ2v) is 3.30. The summed E-state index contributed by atoms with van der Waals surface area (Å²) in [5.41, 5.74) is 0. The molecule has 0 aromatic heterocycles. The average molecular weight is 214 g/mol. The third-order valence-corrected chi connectivity index (χ3v) is 2.43. The largest absolute Gasteiger partial charge is 0.465 e. The Morgan fingerprint density at radius 3 is 2.60 bits per heavy atom. The van der Waals surface area contributed by atoms with Crippen molar-refractivity contribution in [3.05, 3.63) is 12.7 Å². The Balaban J connectivity index is 2.66. The van der Waals surface area contributed by atoms with E-state index in [0.29, 0.717) is 6.54 Å². The van der Waals surface area contributed by atoms with E-state index in [2.05, 4.69) is 6.58 Å². The molecule has 1 aliphatic heterocycles. The summed E-state index contributed by atoms with van der Waals surface area (Å²) in [6.07, 6.45) is 0.116. The van der Waals surface area contributed by atoms with Crippen LogP contribution in [0.25, 0.3) is 0 Å². The van der Waals surface area contributed by atoms with Crippen LogP contribution in [0.5, 0.6) is 0 Å². The lowest BCUT2D eigenvalue weighted by atomic mass is 10.2. The molecule has 0 aliphatic carbocycles. The standard InChI is InChI=1S/C9H14N2O4/c1-2-8(13)10-3-4-11(9(14)15)7(5-10)6-12/h2,7,12H,1,3-6H2,(H,14,15). The van der Waals surface area contributed by atoms with Crippen molar-refractivity contribution in [1.29, 1.82) is 0 Å². The van der Waals surface area contributed by atoms with Crippen LogP contribution in [0.2, 0.25) is 0 Å². The van der Waals surface area contributed by atoms with Crippen LogP contribution in [-0.2, 0) is 4.79 Å². The van der Waals surface area contributed by atoms with E-state index < -0.39 is 12.1 Å². The van der Waals surface area contributed by atoms with Crippen LogP contribution < -0.4 is 0 Å². The molecule has 1 unspecified atom stereocenters. The quantitative estimate of drug-likeness (QED) is 0.599. The van der Waals surface area contributed by atoms with Gasteiger partial charge in [0.05, 0.1) is 12.6 Å². The zero-order valence-electron chi connectivity index (χ0n) is 8.30. The van der Waals surface area contributed by atoms with Gasteiger partial charge < -0.3 is 15.1 Å². The van der Waals surface area contributed by atoms with Gasteiger partial charge in [-0.1, -0.05) is 6.58 Å². The van der Waals surface area contributed by atoms with E-state index in [-0.39, 0.29) is 25.6 Å². The Hall–Kier alpha value is -1.56. The molecule has 1 rings (SSSR count). The monoisotopic (exact) mass is 214 g/mol. The number of aliphatic hydroxyl groups is 1. The van der Waals surface area contributed by atoms with Gasteiger partial charge in [0.15, 0.2) is 0 Å². The molecular formula is C9H14N2O4. The van der Waals surface area contributed by atoms with Crippen molar-refractivity contribution >= 4 is 12.0 Å². The maximum atomic E-state index is 11.3. The topological polar surface area (TPSA) is 81.1 Å². The summed E-state index contributed by atoms with van der Waals surface area (Å²) >= 11 is 0. The summed E-state index contributed by atoms with van der Waals surface area (Å²) in [5, 5.41) is 17.8. The van der Waals surface area contributed by atoms with Crippen molar-refractivity contribution in [3.8, 4) is 0 Å². The first-order valence-corrected chi connectivity index (χ1v) is 4.62. The van der Waals surface area contributed by atoms with Gasteiger partial charge in [0.25, 0.3) is 0 Å². The summed E-state index contributed by atoms with van der Waals surface area (Å²) in [4.78, 5) is 24.7. The second-order valence-electron chi connectivity index (χ2n) is 3.30. The molecule has 0 saturated carbocycles. The van der Waals surface area contributed by atoms with Gasteiger partial charge in [0, 0.05) is 19.6 Å². The summed E-state index contributed by atoms with van der Waals surface area (Å²) < 4.78 is 0. The highest BCUT2D eigenvalue weighted by atomic mass is 16.4. The van der Waals surface area contributed by atoms with Crippen LogP contribution in [0, 0.1) is 0 Å². The molecule has 0 radical (unpaired) electrons. The molecule has 1 saturated heterocycles. The number of carbonyl (C=O) groups excluding carboxylic acids is 1. The highest BCUT2D eigenvalue weighted by molar-refractivity contribution is 5.87. The minimum absolute atomic E-state index is 0.216. The molecule has 0 aromatic rings. The minimum Gasteiger partial charge on any atom is -0.465 e. The van der Waals surface area contributed by atoms with Gasteiger partial charge in [-0.3, -0.25) is 9.69 Å². The number of nitrogens with zero attached hydrogens (tertiary/aromatic N) is 2. The molecule has 6 nitrogen and oxygen atoms in total. The molecule has 0 aromatic carbocycles. The number of rotatable bonds is 2. The maximum Gasteiger partial charge on any atom is 0.407 e. The van der Waals surface area contributed by atoms with Crippen molar-refractivity contribution in [3.63, 3.8) is 0 Å². The average Bonchev–Trinajstić information content (AvgIpc) is 2.26. The lowest BCUT2D eigenvalue weighted by Crippen LogP contribution is -2.57. The highest BCUT2D eigenvalue weighted by Gasteiger charge is 2.30. The SMILES string of the molecule is C=CC(=O)N1CCN(C(=O)O)C(CO)C1. The summed E-state index contributed by atoms with van der Waals surface area (Å²) in [6, 6.07) is -0.542. The van der Waals surface area contributed by atoms with Gasteiger partial charge in [-0.15, -0.1) is 0 Å². The Morgan fingerprint density at radius 1 is 1.47 bits per heavy atom. The third-order valence-electron chi connectivity index (χ3n) is 2.43. The number of amides is 2. The smallest absolute Gasteiger partial charge is 0.407 e. The van der Waals surface area contributed by atoms with Gasteiger partial charge in [-0.2, -0.15) is 0 Å². The van der Waals surface area contributed by atoms with Gasteiger partial charge in [-0.05, 0) is 6.08 Å². The number of hydrogen-bond donors (Lipinski definition) is 2. The van der Waals surface area contributed by atoms with Crippen LogP contribution in [0.3, 0.4) is 0 Å². The molecule has 15 heavy (non-hydrogen) atoms. The number of hydrogen-bond acceptors (Lipinski definition) is 3. The molecule has 6 heteroatoms. The van der Waals surface area contributed by atoms with Crippen molar-refractivity contribution in [2.75, 3.05) is 26.2 Å². The zero-order valence-corrected chi connectivity index (χ0v) is 8.30. The zero-order chi connectivity index (χ0) is 11.4. The fraction of sp³-hybridized carbons (Fsp3) is 0.556. The van der Waals surface area contributed by atoms with Gasteiger partial charge in [-0.25, -0.2) is 4.79 Å². The van der Waals surface area contributed by atoms with E-state index in [1.165, 1.54) is 11.0 Å². The van der Waals surface area contributed by atoms with E-state index in [0.717, 1.165) is 4.90 Å². The third kappa shape index (κ3) is 2.47. The van der Waals surface area contributed by atoms with Crippen LogP contribution in [0.15, 0.2) is 12.7 Å². The van der Waals surface area contributed by atoms with Crippen LogP contribution in [0.1, 0.15) is 0 Å². The second kappa shape index (κ2) is 4.79. The predicted molar refractivity (Wildman–Crippen MR) is 52.4 cm³/mol. The molecule has 2 amide bonds. The van der Waals surface area contributed by atoms with E-state index in [9.17, 15) is 9.59 Å². The Bertz CT molecular complexity index is 279. The highest BCUT2D eigenvalue weighted by Crippen LogP contribution is 2.10. The molecule has 0 bridgehead atoms. The molecule has 84 valence electrons. The van der Waals surface area contributed by atoms with Crippen LogP contribution in [-0.4, -0.2) is 64.3 Å². The van der Waals surface area contributed by atoms with Crippen LogP contribution in [0.4, 0.5) is 4.79 Å². The molecule has 1 aliphatic rings. The van der Waals surface area contributed by atoms with Gasteiger partial charge in [0.2, 0.25) is 5.91 Å².